The summed E-state index contributed by atoms with van der Waals surface area (Å²) in [6.07, 6.45) is 3.07. The van der Waals surface area contributed by atoms with Crippen molar-refractivity contribution in [3.63, 3.8) is 0 Å². The second-order valence-corrected chi connectivity index (χ2v) is 6.31. The molecule has 1 heterocycles. The minimum absolute atomic E-state index is 0.246. The Morgan fingerprint density at radius 1 is 0.852 bits per heavy atom. The van der Waals surface area contributed by atoms with Crippen LogP contribution in [0.5, 0.6) is 0 Å². The van der Waals surface area contributed by atoms with Gasteiger partial charge in [-0.2, -0.15) is 0 Å². The van der Waals surface area contributed by atoms with Gasteiger partial charge in [-0.05, 0) is 36.1 Å². The van der Waals surface area contributed by atoms with Crippen LogP contribution in [0.1, 0.15) is 31.4 Å². The fourth-order valence-electron chi connectivity index (χ4n) is 3.13. The van der Waals surface area contributed by atoms with E-state index in [1.165, 1.54) is 0 Å². The van der Waals surface area contributed by atoms with Gasteiger partial charge in [0.1, 0.15) is 6.42 Å². The molecule has 27 heavy (non-hydrogen) atoms. The van der Waals surface area contributed by atoms with E-state index in [9.17, 15) is 9.59 Å². The molecule has 0 aliphatic carbocycles. The summed E-state index contributed by atoms with van der Waals surface area (Å²) in [5.74, 6) is -0.686. The van der Waals surface area contributed by atoms with E-state index in [0.29, 0.717) is 11.2 Å². The fraction of sp³-hybridized carbons (Fsp3) is 0.227. The van der Waals surface area contributed by atoms with Crippen LogP contribution in [0.3, 0.4) is 0 Å². The van der Waals surface area contributed by atoms with Gasteiger partial charge in [0.25, 0.3) is 0 Å². The molecule has 2 N–H and O–H groups in total. The van der Waals surface area contributed by atoms with Crippen LogP contribution in [0.15, 0.2) is 54.7 Å². The van der Waals surface area contributed by atoms with E-state index >= 15 is 0 Å². The molecule has 0 saturated carbocycles. The molecule has 0 spiro atoms. The second kappa shape index (κ2) is 8.45. The van der Waals surface area contributed by atoms with Crippen LogP contribution < -0.4 is 10.6 Å². The van der Waals surface area contributed by atoms with Crippen LogP contribution in [0.4, 0.5) is 11.4 Å². The van der Waals surface area contributed by atoms with Gasteiger partial charge >= 0.3 is 0 Å². The molecule has 0 aliphatic rings. The number of fused-ring (bicyclic) bond motifs is 1. The molecular weight excluding hydrogens is 338 g/mol. The van der Waals surface area contributed by atoms with Crippen LogP contribution in [-0.4, -0.2) is 16.8 Å². The molecule has 5 heteroatoms. The predicted octanol–water partition coefficient (Wildman–Crippen LogP) is 4.33. The third-order valence-electron chi connectivity index (χ3n) is 4.49. The van der Waals surface area contributed by atoms with Crippen LogP contribution in [0.25, 0.3) is 10.9 Å². The van der Waals surface area contributed by atoms with E-state index in [2.05, 4.69) is 15.6 Å². The monoisotopic (exact) mass is 361 g/mol. The van der Waals surface area contributed by atoms with Crippen LogP contribution in [0, 0.1) is 0 Å². The molecule has 2 amide bonds. The number of aromatic nitrogens is 1. The minimum Gasteiger partial charge on any atom is -0.325 e. The number of rotatable bonds is 6. The molecule has 3 aromatic rings. The Morgan fingerprint density at radius 3 is 2.19 bits per heavy atom. The first kappa shape index (κ1) is 18.6. The number of nitrogens with one attached hydrogen (secondary N) is 2. The molecule has 0 aliphatic heterocycles. The molecule has 3 rings (SSSR count). The molecule has 1 aromatic heterocycles. The van der Waals surface area contributed by atoms with E-state index in [1.807, 2.05) is 56.3 Å². The third kappa shape index (κ3) is 4.31. The molecule has 0 fully saturated rings. The number of aryl methyl sites for hydroxylation is 2. The lowest BCUT2D eigenvalue weighted by molar-refractivity contribution is -0.123. The van der Waals surface area contributed by atoms with Crippen molar-refractivity contribution in [1.82, 2.24) is 4.98 Å². The van der Waals surface area contributed by atoms with Gasteiger partial charge in [0.2, 0.25) is 11.8 Å². The molecule has 2 aromatic carbocycles. The van der Waals surface area contributed by atoms with Crippen molar-refractivity contribution in [1.29, 1.82) is 0 Å². The number of nitrogens with zero attached hydrogens (tertiary/aromatic N) is 1. The lowest BCUT2D eigenvalue weighted by Gasteiger charge is -2.14. The van der Waals surface area contributed by atoms with Crippen LogP contribution in [-0.2, 0) is 22.4 Å². The van der Waals surface area contributed by atoms with Gasteiger partial charge in [0.15, 0.2) is 0 Å². The first-order valence-corrected chi connectivity index (χ1v) is 9.16. The first-order chi connectivity index (χ1) is 13.1. The first-order valence-electron chi connectivity index (χ1n) is 9.16. The van der Waals surface area contributed by atoms with Crippen molar-refractivity contribution in [3.8, 4) is 0 Å². The summed E-state index contributed by atoms with van der Waals surface area (Å²) < 4.78 is 0. The number of hydrogen-bond acceptors (Lipinski definition) is 3. The Hall–Kier alpha value is -3.21. The highest BCUT2D eigenvalue weighted by Crippen LogP contribution is 2.23. The number of carbonyl (C=O) groups is 2. The number of pyridine rings is 1. The minimum atomic E-state index is -0.363. The fourth-order valence-corrected chi connectivity index (χ4v) is 3.13. The van der Waals surface area contributed by atoms with Gasteiger partial charge in [-0.15, -0.1) is 0 Å². The van der Waals surface area contributed by atoms with Gasteiger partial charge in [0, 0.05) is 17.3 Å². The zero-order chi connectivity index (χ0) is 19.2. The summed E-state index contributed by atoms with van der Waals surface area (Å²) in [7, 11) is 0. The Balaban J connectivity index is 1.71. The van der Waals surface area contributed by atoms with Crippen molar-refractivity contribution >= 4 is 34.1 Å². The molecule has 0 atom stereocenters. The van der Waals surface area contributed by atoms with E-state index in [4.69, 9.17) is 0 Å². The highest BCUT2D eigenvalue weighted by molar-refractivity contribution is 6.10. The Kier molecular flexibility index (Phi) is 5.81. The number of benzene rings is 2. The number of anilines is 2. The molecule has 5 nitrogen and oxygen atoms in total. The third-order valence-corrected chi connectivity index (χ3v) is 4.49. The molecule has 0 unspecified atom stereocenters. The summed E-state index contributed by atoms with van der Waals surface area (Å²) >= 11 is 0. The van der Waals surface area contributed by atoms with Crippen molar-refractivity contribution in [2.75, 3.05) is 10.6 Å². The smallest absolute Gasteiger partial charge is 0.233 e. The molecule has 0 saturated heterocycles. The van der Waals surface area contributed by atoms with Crippen molar-refractivity contribution in [3.05, 3.63) is 65.9 Å². The quantitative estimate of drug-likeness (QED) is 0.642. The summed E-state index contributed by atoms with van der Waals surface area (Å²) in [6.45, 7) is 4.09. The summed E-state index contributed by atoms with van der Waals surface area (Å²) in [5.41, 5.74) is 4.28. The standard InChI is InChI=1S/C22H23N3O2/c1-3-15-8-5-9-16(4-2)21(15)25-20(27)14-19(26)24-18-12-6-10-17-11-7-13-23-22(17)18/h5-13H,3-4,14H2,1-2H3,(H,24,26)(H,25,27). The zero-order valence-electron chi connectivity index (χ0n) is 15.6. The van der Waals surface area contributed by atoms with Crippen molar-refractivity contribution < 1.29 is 9.59 Å². The van der Waals surface area contributed by atoms with Crippen molar-refractivity contribution in [2.45, 2.75) is 33.1 Å². The van der Waals surface area contributed by atoms with Gasteiger partial charge in [-0.3, -0.25) is 14.6 Å². The maximum Gasteiger partial charge on any atom is 0.233 e. The van der Waals surface area contributed by atoms with E-state index < -0.39 is 0 Å². The van der Waals surface area contributed by atoms with Gasteiger partial charge < -0.3 is 10.6 Å². The molecule has 0 radical (unpaired) electrons. The van der Waals surface area contributed by atoms with Gasteiger partial charge in [-0.25, -0.2) is 0 Å². The summed E-state index contributed by atoms with van der Waals surface area (Å²) in [5, 5.41) is 6.65. The van der Waals surface area contributed by atoms with E-state index in [-0.39, 0.29) is 18.2 Å². The van der Waals surface area contributed by atoms with Crippen LogP contribution in [0.2, 0.25) is 0 Å². The van der Waals surface area contributed by atoms with Gasteiger partial charge in [0.05, 0.1) is 11.2 Å². The Labute approximate surface area is 158 Å². The number of hydrogen-bond donors (Lipinski definition) is 2. The summed E-state index contributed by atoms with van der Waals surface area (Å²) in [6, 6.07) is 15.3. The molecule has 138 valence electrons. The average molecular weight is 361 g/mol. The maximum atomic E-state index is 12.4. The lowest BCUT2D eigenvalue weighted by Crippen LogP contribution is -2.22. The molecule has 0 bridgehead atoms. The normalized spacial score (nSPS) is 10.6. The predicted molar refractivity (Wildman–Crippen MR) is 109 cm³/mol. The highest BCUT2D eigenvalue weighted by atomic mass is 16.2. The number of carbonyl (C=O) groups excluding carboxylic acids is 2. The largest absolute Gasteiger partial charge is 0.325 e. The Morgan fingerprint density at radius 2 is 1.48 bits per heavy atom. The topological polar surface area (TPSA) is 71.1 Å². The van der Waals surface area contributed by atoms with Gasteiger partial charge in [-0.1, -0.05) is 50.2 Å². The maximum absolute atomic E-state index is 12.4. The number of amides is 2. The molecular formula is C22H23N3O2. The van der Waals surface area contributed by atoms with E-state index in [1.54, 1.807) is 12.3 Å². The Bertz CT molecular complexity index is 955. The highest BCUT2D eigenvalue weighted by Gasteiger charge is 2.14. The zero-order valence-corrected chi connectivity index (χ0v) is 15.6. The van der Waals surface area contributed by atoms with Crippen LogP contribution >= 0.6 is 0 Å². The second-order valence-electron chi connectivity index (χ2n) is 6.31. The lowest BCUT2D eigenvalue weighted by atomic mass is 10.0. The number of para-hydroxylation sites is 2. The summed E-state index contributed by atoms with van der Waals surface area (Å²) in [4.78, 5) is 29.1. The van der Waals surface area contributed by atoms with Crippen molar-refractivity contribution in [2.24, 2.45) is 0 Å². The SMILES string of the molecule is CCc1cccc(CC)c1NC(=O)CC(=O)Nc1cccc2cccnc12. The van der Waals surface area contributed by atoms with E-state index in [0.717, 1.165) is 35.0 Å². The average Bonchev–Trinajstić information content (AvgIpc) is 2.68.